The average Bonchev–Trinajstić information content (AvgIpc) is 3.21. The van der Waals surface area contributed by atoms with Crippen LogP contribution in [-0.4, -0.2) is 65.5 Å². The molecule has 1 aromatic rings. The zero-order valence-corrected chi connectivity index (χ0v) is 19.7. The fourth-order valence-corrected chi connectivity index (χ4v) is 4.01. The highest BCUT2D eigenvalue weighted by Gasteiger charge is 2.34. The lowest BCUT2D eigenvalue weighted by Crippen LogP contribution is -2.50. The molecule has 2 N–H and O–H groups in total. The maximum absolute atomic E-state index is 12.6. The van der Waals surface area contributed by atoms with Crippen molar-refractivity contribution in [3.05, 3.63) is 35.4 Å². The molecule has 31 heavy (non-hydrogen) atoms. The minimum atomic E-state index is -0.635. The molecule has 2 rings (SSSR count). The molecule has 1 aromatic carbocycles. The lowest BCUT2D eigenvalue weighted by atomic mass is 10.0. The van der Waals surface area contributed by atoms with Gasteiger partial charge in [0.25, 0.3) is 0 Å². The molecular formula is C24H38N6O. The van der Waals surface area contributed by atoms with Gasteiger partial charge in [-0.15, -0.1) is 0 Å². The van der Waals surface area contributed by atoms with Gasteiger partial charge in [0, 0.05) is 31.7 Å². The van der Waals surface area contributed by atoms with Crippen molar-refractivity contribution in [2.24, 2.45) is 5.73 Å². The van der Waals surface area contributed by atoms with Crippen LogP contribution in [0.1, 0.15) is 64.6 Å². The molecule has 0 aromatic heterocycles. The highest BCUT2D eigenvalue weighted by Crippen LogP contribution is 2.29. The van der Waals surface area contributed by atoms with Gasteiger partial charge in [-0.3, -0.25) is 14.6 Å². The molecule has 2 unspecified atom stereocenters. The van der Waals surface area contributed by atoms with Crippen LogP contribution < -0.4 is 5.73 Å². The Bertz CT molecular complexity index is 768. The van der Waals surface area contributed by atoms with Gasteiger partial charge in [-0.1, -0.05) is 39.8 Å². The predicted octanol–water partition coefficient (Wildman–Crippen LogP) is 3.09. The number of nitriles is 2. The van der Waals surface area contributed by atoms with E-state index in [0.717, 1.165) is 31.6 Å². The standard InChI is InChI=1S/C22H32N6O.C2H6/c1-4-10-27(11-9-23)22(29)21(25)15-26-14-20(5-2)28(16-26)17(3)19-8-6-7-18(12-19)13-24;1-2/h6-8,12,17,20-21H,4-5,10-11,14-16,25H2,1-3H3;1-2H3/t17?,20-,21?;/m0./s1. The molecule has 7 heteroatoms. The predicted molar refractivity (Wildman–Crippen MR) is 124 cm³/mol. The van der Waals surface area contributed by atoms with Gasteiger partial charge in [0.1, 0.15) is 6.54 Å². The Morgan fingerprint density at radius 2 is 2.03 bits per heavy atom. The van der Waals surface area contributed by atoms with Crippen molar-refractivity contribution >= 4 is 5.91 Å². The van der Waals surface area contributed by atoms with Crippen LogP contribution in [-0.2, 0) is 4.79 Å². The van der Waals surface area contributed by atoms with Crippen LogP contribution >= 0.6 is 0 Å². The first-order valence-corrected chi connectivity index (χ1v) is 11.3. The quantitative estimate of drug-likeness (QED) is 0.609. The van der Waals surface area contributed by atoms with Crippen molar-refractivity contribution in [2.75, 3.05) is 32.8 Å². The van der Waals surface area contributed by atoms with Crippen molar-refractivity contribution in [3.8, 4) is 12.1 Å². The normalized spacial score (nSPS) is 18.3. The molecule has 1 aliphatic heterocycles. The summed E-state index contributed by atoms with van der Waals surface area (Å²) in [7, 11) is 0. The number of carbonyl (C=O) groups is 1. The summed E-state index contributed by atoms with van der Waals surface area (Å²) < 4.78 is 0. The molecule has 170 valence electrons. The lowest BCUT2D eigenvalue weighted by molar-refractivity contribution is -0.132. The van der Waals surface area contributed by atoms with Gasteiger partial charge < -0.3 is 10.6 Å². The number of benzene rings is 1. The second-order valence-electron chi connectivity index (χ2n) is 7.69. The maximum Gasteiger partial charge on any atom is 0.241 e. The zero-order chi connectivity index (χ0) is 23.4. The summed E-state index contributed by atoms with van der Waals surface area (Å²) in [5, 5.41) is 18.1. The van der Waals surface area contributed by atoms with E-state index in [2.05, 4.69) is 41.9 Å². The van der Waals surface area contributed by atoms with Crippen LogP contribution in [0, 0.1) is 22.7 Å². The monoisotopic (exact) mass is 426 g/mol. The molecular weight excluding hydrogens is 388 g/mol. The minimum absolute atomic E-state index is 0.0797. The van der Waals surface area contributed by atoms with Gasteiger partial charge in [-0.05, 0) is 37.5 Å². The summed E-state index contributed by atoms with van der Waals surface area (Å²) >= 11 is 0. The molecule has 7 nitrogen and oxygen atoms in total. The average molecular weight is 427 g/mol. The van der Waals surface area contributed by atoms with E-state index in [4.69, 9.17) is 11.0 Å². The third kappa shape index (κ3) is 7.33. The van der Waals surface area contributed by atoms with Gasteiger partial charge in [0.2, 0.25) is 5.91 Å². The Kier molecular flexibility index (Phi) is 11.8. The first-order valence-electron chi connectivity index (χ1n) is 11.3. The molecule has 1 fully saturated rings. The van der Waals surface area contributed by atoms with E-state index in [1.54, 1.807) is 4.90 Å². The highest BCUT2D eigenvalue weighted by atomic mass is 16.2. The summed E-state index contributed by atoms with van der Waals surface area (Å²) in [6.07, 6.45) is 1.80. The van der Waals surface area contributed by atoms with Crippen LogP contribution in [0.2, 0.25) is 0 Å². The molecule has 0 spiro atoms. The summed E-state index contributed by atoms with van der Waals surface area (Å²) in [6, 6.07) is 11.9. The van der Waals surface area contributed by atoms with E-state index in [0.29, 0.717) is 24.7 Å². The third-order valence-electron chi connectivity index (χ3n) is 5.61. The first-order chi connectivity index (χ1) is 14.9. The molecule has 0 saturated carbocycles. The molecule has 0 aliphatic carbocycles. The number of hydrogen-bond donors (Lipinski definition) is 1. The summed E-state index contributed by atoms with van der Waals surface area (Å²) in [6.45, 7) is 13.0. The van der Waals surface area contributed by atoms with Crippen LogP contribution in [0.4, 0.5) is 0 Å². The number of nitrogens with two attached hydrogens (primary N) is 1. The van der Waals surface area contributed by atoms with Crippen molar-refractivity contribution in [1.82, 2.24) is 14.7 Å². The van der Waals surface area contributed by atoms with Gasteiger partial charge in [0.15, 0.2) is 0 Å². The molecule has 1 saturated heterocycles. The lowest BCUT2D eigenvalue weighted by Gasteiger charge is -2.30. The minimum Gasteiger partial charge on any atom is -0.328 e. The highest BCUT2D eigenvalue weighted by molar-refractivity contribution is 5.82. The van der Waals surface area contributed by atoms with Crippen LogP contribution in [0.15, 0.2) is 24.3 Å². The van der Waals surface area contributed by atoms with E-state index < -0.39 is 6.04 Å². The van der Waals surface area contributed by atoms with Crippen molar-refractivity contribution in [2.45, 2.75) is 65.6 Å². The number of nitrogens with zero attached hydrogens (tertiary/aromatic N) is 5. The first kappa shape index (κ1) is 26.6. The summed E-state index contributed by atoms with van der Waals surface area (Å²) in [5.41, 5.74) is 8.00. The van der Waals surface area contributed by atoms with Crippen molar-refractivity contribution < 1.29 is 4.79 Å². The molecule has 0 radical (unpaired) electrons. The topological polar surface area (TPSA) is 100 Å². The van der Waals surface area contributed by atoms with E-state index in [-0.39, 0.29) is 18.5 Å². The molecule has 0 bridgehead atoms. The smallest absolute Gasteiger partial charge is 0.241 e. The maximum atomic E-state index is 12.6. The molecule has 1 aliphatic rings. The van der Waals surface area contributed by atoms with Crippen LogP contribution in [0.5, 0.6) is 0 Å². The molecule has 1 heterocycles. The number of rotatable bonds is 9. The van der Waals surface area contributed by atoms with Crippen LogP contribution in [0.3, 0.4) is 0 Å². The third-order valence-corrected chi connectivity index (χ3v) is 5.61. The van der Waals surface area contributed by atoms with Gasteiger partial charge >= 0.3 is 0 Å². The van der Waals surface area contributed by atoms with E-state index in [1.807, 2.05) is 39.0 Å². The summed E-state index contributed by atoms with van der Waals surface area (Å²) in [5.74, 6) is -0.158. The van der Waals surface area contributed by atoms with E-state index in [1.165, 1.54) is 0 Å². The van der Waals surface area contributed by atoms with Crippen molar-refractivity contribution in [1.29, 1.82) is 10.5 Å². The Hall–Kier alpha value is -2.45. The Morgan fingerprint density at radius 3 is 2.61 bits per heavy atom. The SMILES string of the molecule is CC.CCCN(CC#N)C(=O)C(N)CN1C[C@H](CC)N(C(C)c2cccc(C#N)c2)C1. The Labute approximate surface area is 188 Å². The Balaban J connectivity index is 0.00000233. The fourth-order valence-electron chi connectivity index (χ4n) is 4.01. The van der Waals surface area contributed by atoms with Gasteiger partial charge in [-0.25, -0.2) is 0 Å². The van der Waals surface area contributed by atoms with E-state index >= 15 is 0 Å². The zero-order valence-electron chi connectivity index (χ0n) is 19.7. The largest absolute Gasteiger partial charge is 0.328 e. The molecule has 3 atom stereocenters. The molecule has 1 amide bonds. The Morgan fingerprint density at radius 1 is 1.32 bits per heavy atom. The van der Waals surface area contributed by atoms with Gasteiger partial charge in [-0.2, -0.15) is 10.5 Å². The van der Waals surface area contributed by atoms with Gasteiger partial charge in [0.05, 0.1) is 30.4 Å². The second kappa shape index (κ2) is 13.8. The van der Waals surface area contributed by atoms with Crippen LogP contribution in [0.25, 0.3) is 0 Å². The van der Waals surface area contributed by atoms with E-state index in [9.17, 15) is 10.1 Å². The summed E-state index contributed by atoms with van der Waals surface area (Å²) in [4.78, 5) is 18.8. The second-order valence-corrected chi connectivity index (χ2v) is 7.69. The fraction of sp³-hybridized carbons (Fsp3) is 0.625. The number of carbonyl (C=O) groups excluding carboxylic acids is 1. The number of amides is 1. The number of hydrogen-bond acceptors (Lipinski definition) is 6. The van der Waals surface area contributed by atoms with Crippen molar-refractivity contribution in [3.63, 3.8) is 0 Å².